The molecule has 0 aromatic heterocycles. The van der Waals surface area contributed by atoms with Gasteiger partial charge in [-0.2, -0.15) is 0 Å². The topological polar surface area (TPSA) is 97.0 Å². The Morgan fingerprint density at radius 2 is 1.64 bits per heavy atom. The molecule has 4 unspecified atom stereocenters. The summed E-state index contributed by atoms with van der Waals surface area (Å²) in [7, 11) is 1.59. The minimum absolute atomic E-state index is 0.224. The van der Waals surface area contributed by atoms with E-state index in [0.29, 0.717) is 40.6 Å². The number of ketones is 1. The van der Waals surface area contributed by atoms with Gasteiger partial charge in [-0.15, -0.1) is 0 Å². The van der Waals surface area contributed by atoms with E-state index in [1.165, 1.54) is 0 Å². The highest BCUT2D eigenvalue weighted by Crippen LogP contribution is 2.59. The van der Waals surface area contributed by atoms with E-state index in [1.54, 1.807) is 66.6 Å². The van der Waals surface area contributed by atoms with Crippen LogP contribution >= 0.6 is 15.9 Å². The average Bonchev–Trinajstić information content (AvgIpc) is 3.48. The molecule has 1 saturated heterocycles. The molecule has 8 nitrogen and oxygen atoms in total. The Balaban J connectivity index is 1.56. The molecule has 44 heavy (non-hydrogen) atoms. The largest absolute Gasteiger partial charge is 0.497 e. The van der Waals surface area contributed by atoms with Crippen LogP contribution in [0.4, 0.5) is 16.2 Å². The number of hydrogen-bond donors (Lipinski definition) is 2. The summed E-state index contributed by atoms with van der Waals surface area (Å²) < 4.78 is 11.7. The zero-order valence-electron chi connectivity index (χ0n) is 24.5. The Labute approximate surface area is 264 Å². The van der Waals surface area contributed by atoms with Crippen LogP contribution in [0, 0.1) is 5.92 Å². The molecule has 3 amide bonds. The number of carbonyl (C=O) groups is 3. The zero-order valence-corrected chi connectivity index (χ0v) is 26.1. The lowest BCUT2D eigenvalue weighted by Gasteiger charge is -2.38. The van der Waals surface area contributed by atoms with Crippen LogP contribution in [0.15, 0.2) is 102 Å². The van der Waals surface area contributed by atoms with Gasteiger partial charge in [-0.05, 0) is 74.0 Å². The highest BCUT2D eigenvalue weighted by Gasteiger charge is 2.69. The third kappa shape index (κ3) is 4.81. The Morgan fingerprint density at radius 1 is 0.955 bits per heavy atom. The van der Waals surface area contributed by atoms with Crippen molar-refractivity contribution in [2.45, 2.75) is 31.3 Å². The third-order valence-corrected chi connectivity index (χ3v) is 9.07. The molecule has 1 fully saturated rings. The van der Waals surface area contributed by atoms with Crippen molar-refractivity contribution in [3.8, 4) is 11.5 Å². The van der Waals surface area contributed by atoms with E-state index in [4.69, 9.17) is 9.47 Å². The van der Waals surface area contributed by atoms with E-state index in [2.05, 4.69) is 26.6 Å². The summed E-state index contributed by atoms with van der Waals surface area (Å²) in [5.74, 6) is -0.788. The lowest BCUT2D eigenvalue weighted by Crippen LogP contribution is -2.57. The molecule has 6 rings (SSSR count). The number of methoxy groups -OCH3 is 1. The maximum Gasteiger partial charge on any atom is 0.323 e. The molecule has 2 aliphatic heterocycles. The van der Waals surface area contributed by atoms with Gasteiger partial charge in [0.2, 0.25) is 0 Å². The lowest BCUT2D eigenvalue weighted by molar-refractivity contribution is -0.126. The van der Waals surface area contributed by atoms with E-state index < -0.39 is 35.4 Å². The van der Waals surface area contributed by atoms with E-state index in [9.17, 15) is 14.4 Å². The molecule has 2 heterocycles. The standard InChI is InChI=1S/C35H32BrN3O5/c1-4-44-27-17-13-25(14-18-27)37-34(42)39-21(2)30(22-10-15-26(43-3)16-11-22)31(32(40)23-8-6-5-7-9-23)35(39)28-20-24(36)12-19-29(28)38-33(35)41/h5-21,30-31H,4H2,1-3H3,(H,37,42)(H,38,41). The molecule has 2 N–H and O–H groups in total. The van der Waals surface area contributed by atoms with Crippen LogP contribution in [0.2, 0.25) is 0 Å². The summed E-state index contributed by atoms with van der Waals surface area (Å²) in [5.41, 5.74) is 1.30. The molecule has 4 atom stereocenters. The number of carbonyl (C=O) groups excluding carboxylic acids is 3. The molecule has 1 spiro atoms. The summed E-state index contributed by atoms with van der Waals surface area (Å²) in [6.07, 6.45) is 0. The Morgan fingerprint density at radius 3 is 2.30 bits per heavy atom. The fraction of sp³-hybridized carbons (Fsp3) is 0.229. The van der Waals surface area contributed by atoms with Gasteiger partial charge in [-0.3, -0.25) is 9.59 Å². The van der Waals surface area contributed by atoms with Crippen molar-refractivity contribution < 1.29 is 23.9 Å². The number of halogens is 1. The molecular formula is C35H32BrN3O5. The van der Waals surface area contributed by atoms with Crippen molar-refractivity contribution in [1.82, 2.24) is 4.90 Å². The number of fused-ring (bicyclic) bond motifs is 2. The SMILES string of the molecule is CCOc1ccc(NC(=O)N2C(C)C(c3ccc(OC)cc3)C(C(=O)c3ccccc3)C23C(=O)Nc2ccc(Br)cc23)cc1. The molecule has 224 valence electrons. The van der Waals surface area contributed by atoms with Gasteiger partial charge in [-0.25, -0.2) is 4.79 Å². The molecule has 0 bridgehead atoms. The summed E-state index contributed by atoms with van der Waals surface area (Å²) in [5, 5.41) is 6.00. The van der Waals surface area contributed by atoms with E-state index >= 15 is 0 Å². The van der Waals surface area contributed by atoms with Crippen LogP contribution in [0.25, 0.3) is 0 Å². The number of hydrogen-bond acceptors (Lipinski definition) is 5. The number of nitrogens with zero attached hydrogens (tertiary/aromatic N) is 1. The first-order valence-corrected chi connectivity index (χ1v) is 15.3. The van der Waals surface area contributed by atoms with Crippen molar-refractivity contribution >= 4 is 45.0 Å². The van der Waals surface area contributed by atoms with Crippen LogP contribution in [0.3, 0.4) is 0 Å². The number of amides is 3. The van der Waals surface area contributed by atoms with Gasteiger partial charge in [0.25, 0.3) is 5.91 Å². The first-order chi connectivity index (χ1) is 21.3. The van der Waals surface area contributed by atoms with Gasteiger partial charge in [-0.1, -0.05) is 58.4 Å². The molecule has 0 saturated carbocycles. The van der Waals surface area contributed by atoms with Crippen molar-refractivity contribution in [3.63, 3.8) is 0 Å². The van der Waals surface area contributed by atoms with Crippen molar-refractivity contribution in [1.29, 1.82) is 0 Å². The molecule has 9 heteroatoms. The van der Waals surface area contributed by atoms with Gasteiger partial charge >= 0.3 is 6.03 Å². The van der Waals surface area contributed by atoms with Crippen LogP contribution in [-0.4, -0.2) is 42.4 Å². The summed E-state index contributed by atoms with van der Waals surface area (Å²) in [6.45, 7) is 4.32. The van der Waals surface area contributed by atoms with E-state index in [1.807, 2.05) is 56.3 Å². The maximum absolute atomic E-state index is 14.7. The number of rotatable bonds is 7. The predicted octanol–water partition coefficient (Wildman–Crippen LogP) is 7.22. The molecule has 4 aromatic rings. The number of anilines is 2. The highest BCUT2D eigenvalue weighted by molar-refractivity contribution is 9.10. The number of likely N-dealkylation sites (tertiary alicyclic amines) is 1. The quantitative estimate of drug-likeness (QED) is 0.205. The molecule has 0 aliphatic carbocycles. The number of benzene rings is 4. The fourth-order valence-electron chi connectivity index (χ4n) is 6.76. The van der Waals surface area contributed by atoms with Gasteiger partial charge < -0.3 is 25.0 Å². The third-order valence-electron chi connectivity index (χ3n) is 8.58. The average molecular weight is 655 g/mol. The molecule has 0 radical (unpaired) electrons. The second kappa shape index (κ2) is 11.8. The van der Waals surface area contributed by atoms with Crippen molar-refractivity contribution in [2.75, 3.05) is 24.4 Å². The Hall–Kier alpha value is -4.63. The normalized spacial score (nSPS) is 22.0. The van der Waals surface area contributed by atoms with Crippen LogP contribution in [-0.2, 0) is 10.3 Å². The second-order valence-corrected chi connectivity index (χ2v) is 11.8. The van der Waals surface area contributed by atoms with Gasteiger partial charge in [0.05, 0.1) is 19.6 Å². The monoisotopic (exact) mass is 653 g/mol. The van der Waals surface area contributed by atoms with E-state index in [0.717, 1.165) is 10.0 Å². The number of Topliss-reactive ketones (excluding diaryl/α,β-unsaturated/α-hetero) is 1. The lowest BCUT2D eigenvalue weighted by atomic mass is 9.69. The summed E-state index contributed by atoms with van der Waals surface area (Å²) in [6, 6.07) is 27.9. The van der Waals surface area contributed by atoms with Crippen LogP contribution in [0.5, 0.6) is 11.5 Å². The van der Waals surface area contributed by atoms with Crippen molar-refractivity contribution in [2.24, 2.45) is 5.92 Å². The zero-order chi connectivity index (χ0) is 31.0. The predicted molar refractivity (Wildman–Crippen MR) is 172 cm³/mol. The molecule has 2 aliphatic rings. The molecule has 4 aromatic carbocycles. The van der Waals surface area contributed by atoms with E-state index in [-0.39, 0.29) is 5.78 Å². The minimum atomic E-state index is -1.65. The first-order valence-electron chi connectivity index (χ1n) is 14.5. The van der Waals surface area contributed by atoms with Crippen LogP contribution in [0.1, 0.15) is 41.3 Å². The first kappa shape index (κ1) is 29.4. The minimum Gasteiger partial charge on any atom is -0.497 e. The highest BCUT2D eigenvalue weighted by atomic mass is 79.9. The number of ether oxygens (including phenoxy) is 2. The molecular weight excluding hydrogens is 622 g/mol. The van der Waals surface area contributed by atoms with Crippen molar-refractivity contribution in [3.05, 3.63) is 118 Å². The van der Waals surface area contributed by atoms with Gasteiger partial charge in [0.15, 0.2) is 11.3 Å². The number of urea groups is 1. The summed E-state index contributed by atoms with van der Waals surface area (Å²) in [4.78, 5) is 45.3. The van der Waals surface area contributed by atoms with Crippen LogP contribution < -0.4 is 20.1 Å². The van der Waals surface area contributed by atoms with Gasteiger partial charge in [0.1, 0.15) is 11.5 Å². The maximum atomic E-state index is 14.7. The second-order valence-electron chi connectivity index (χ2n) is 10.9. The van der Waals surface area contributed by atoms with Gasteiger partial charge in [0, 0.05) is 38.9 Å². The summed E-state index contributed by atoms with van der Waals surface area (Å²) >= 11 is 3.57. The Kier molecular flexibility index (Phi) is 7.90. The number of nitrogens with one attached hydrogen (secondary N) is 2. The smallest absolute Gasteiger partial charge is 0.323 e. The fourth-order valence-corrected chi connectivity index (χ4v) is 7.12. The Bertz CT molecular complexity index is 1710.